The summed E-state index contributed by atoms with van der Waals surface area (Å²) >= 11 is 3.90. The molecule has 2 heteroatoms. The lowest BCUT2D eigenvalue weighted by Crippen LogP contribution is -2.04. The lowest BCUT2D eigenvalue weighted by Gasteiger charge is -2.14. The third kappa shape index (κ3) is 4.61. The van der Waals surface area contributed by atoms with Gasteiger partial charge >= 0.3 is 0 Å². The summed E-state index contributed by atoms with van der Waals surface area (Å²) in [6, 6.07) is 15.5. The maximum atomic E-state index is 2.36. The fourth-order valence-electron chi connectivity index (χ4n) is 5.07. The molecule has 0 bridgehead atoms. The number of thiophene rings is 2. The Morgan fingerprint density at radius 2 is 1.42 bits per heavy atom. The van der Waals surface area contributed by atoms with Crippen LogP contribution >= 0.6 is 22.7 Å². The van der Waals surface area contributed by atoms with Gasteiger partial charge in [-0.25, -0.2) is 0 Å². The Bertz CT molecular complexity index is 1240. The molecular weight excluding hydrogens is 436 g/mol. The monoisotopic (exact) mass is 472 g/mol. The van der Waals surface area contributed by atoms with Crippen LogP contribution in [0.15, 0.2) is 53.2 Å². The minimum absolute atomic E-state index is 0.615. The Kier molecular flexibility index (Phi) is 7.56. The second-order valence-corrected chi connectivity index (χ2v) is 11.0. The summed E-state index contributed by atoms with van der Waals surface area (Å²) < 4.78 is 0. The van der Waals surface area contributed by atoms with Crippen molar-refractivity contribution in [3.63, 3.8) is 0 Å². The number of fused-ring (bicyclic) bond motifs is 5. The first-order valence-corrected chi connectivity index (χ1v) is 14.2. The summed E-state index contributed by atoms with van der Waals surface area (Å²) in [6.45, 7) is 13.1. The summed E-state index contributed by atoms with van der Waals surface area (Å²) in [6.07, 6.45) is 4.67. The molecule has 33 heavy (non-hydrogen) atoms. The fourth-order valence-corrected chi connectivity index (χ4v) is 7.30. The number of benzene rings is 2. The highest BCUT2D eigenvalue weighted by Gasteiger charge is 2.22. The quantitative estimate of drug-likeness (QED) is 0.235. The number of hydrogen-bond acceptors (Lipinski definition) is 2. The van der Waals surface area contributed by atoms with Gasteiger partial charge in [-0.3, -0.25) is 0 Å². The van der Waals surface area contributed by atoms with Gasteiger partial charge in [0.2, 0.25) is 0 Å². The minimum Gasteiger partial charge on any atom is -0.148 e. The van der Waals surface area contributed by atoms with Crippen LogP contribution in [0.1, 0.15) is 89.2 Å². The molecule has 0 atom stereocenters. The highest BCUT2D eigenvalue weighted by molar-refractivity contribution is 7.11. The van der Waals surface area contributed by atoms with Gasteiger partial charge in [-0.15, -0.1) is 22.7 Å². The molecular formula is C31H36S2. The van der Waals surface area contributed by atoms with Crippen molar-refractivity contribution in [3.05, 3.63) is 102 Å². The summed E-state index contributed by atoms with van der Waals surface area (Å²) in [5.41, 5.74) is 13.7. The van der Waals surface area contributed by atoms with Crippen LogP contribution in [-0.2, 0) is 25.7 Å². The van der Waals surface area contributed by atoms with E-state index in [0.717, 1.165) is 6.42 Å². The maximum Gasteiger partial charge on any atom is 0.0128 e. The predicted molar refractivity (Wildman–Crippen MR) is 148 cm³/mol. The van der Waals surface area contributed by atoms with E-state index in [0.29, 0.717) is 5.92 Å². The summed E-state index contributed by atoms with van der Waals surface area (Å²) in [5.74, 6) is 0.615. The standard InChI is InChI=1S/C16H16.C13H14S2.C2H6/c1-11(2)13-8-5-9-15-14-7-4-3-6-12(14)10-16(13)15;1-3-9-7-15-13-4-10-8(2)6-14-12(10)5-11(9)13;1-2/h3-9,11H,10H2,1-2H3;6-7H,3-5H2,1-2H3;1-2H3. The van der Waals surface area contributed by atoms with E-state index in [1.54, 1.807) is 32.0 Å². The average Bonchev–Trinajstić information content (AvgIpc) is 3.54. The van der Waals surface area contributed by atoms with E-state index in [1.165, 1.54) is 47.1 Å². The molecule has 0 N–H and O–H groups in total. The van der Waals surface area contributed by atoms with Gasteiger partial charge in [0, 0.05) is 22.6 Å². The third-order valence-electron chi connectivity index (χ3n) is 6.82. The lowest BCUT2D eigenvalue weighted by atomic mass is 9.93. The molecule has 0 saturated heterocycles. The Balaban J connectivity index is 0.000000147. The maximum absolute atomic E-state index is 2.36. The molecule has 0 unspecified atom stereocenters. The van der Waals surface area contributed by atoms with E-state index in [4.69, 9.17) is 0 Å². The van der Waals surface area contributed by atoms with Crippen LogP contribution in [0.2, 0.25) is 0 Å². The Morgan fingerprint density at radius 1 is 0.758 bits per heavy atom. The summed E-state index contributed by atoms with van der Waals surface area (Å²) in [4.78, 5) is 3.22. The van der Waals surface area contributed by atoms with Crippen molar-refractivity contribution in [2.24, 2.45) is 0 Å². The van der Waals surface area contributed by atoms with Gasteiger partial charge in [-0.2, -0.15) is 0 Å². The zero-order valence-corrected chi connectivity index (χ0v) is 22.6. The van der Waals surface area contributed by atoms with Crippen LogP contribution in [0.25, 0.3) is 11.1 Å². The predicted octanol–water partition coefficient (Wildman–Crippen LogP) is 9.58. The molecule has 2 heterocycles. The lowest BCUT2D eigenvalue weighted by molar-refractivity contribution is 0.852. The van der Waals surface area contributed by atoms with E-state index in [1.807, 2.05) is 36.5 Å². The molecule has 0 amide bonds. The molecule has 2 aromatic heterocycles. The Labute approximate surface area is 208 Å². The van der Waals surface area contributed by atoms with Gasteiger partial charge in [0.25, 0.3) is 0 Å². The van der Waals surface area contributed by atoms with Gasteiger partial charge < -0.3 is 0 Å². The smallest absolute Gasteiger partial charge is 0.0128 e. The van der Waals surface area contributed by atoms with Gasteiger partial charge in [0.1, 0.15) is 0 Å². The first-order chi connectivity index (χ1) is 16.1. The molecule has 6 rings (SSSR count). The van der Waals surface area contributed by atoms with E-state index >= 15 is 0 Å². The molecule has 0 nitrogen and oxygen atoms in total. The number of hydrogen-bond donors (Lipinski definition) is 0. The number of rotatable bonds is 2. The van der Waals surface area contributed by atoms with Crippen molar-refractivity contribution < 1.29 is 0 Å². The van der Waals surface area contributed by atoms with Crippen molar-refractivity contribution in [2.75, 3.05) is 0 Å². The van der Waals surface area contributed by atoms with Crippen molar-refractivity contribution in [2.45, 2.75) is 73.1 Å². The van der Waals surface area contributed by atoms with Crippen molar-refractivity contribution >= 4 is 22.7 Å². The zero-order valence-electron chi connectivity index (χ0n) is 20.9. The summed E-state index contributed by atoms with van der Waals surface area (Å²) in [7, 11) is 0. The van der Waals surface area contributed by atoms with Gasteiger partial charge in [0.05, 0.1) is 0 Å². The average molecular weight is 473 g/mol. The van der Waals surface area contributed by atoms with Crippen LogP contribution in [0, 0.1) is 6.92 Å². The zero-order chi connectivity index (χ0) is 23.5. The molecule has 172 valence electrons. The minimum atomic E-state index is 0.615. The van der Waals surface area contributed by atoms with Crippen LogP contribution in [0.5, 0.6) is 0 Å². The van der Waals surface area contributed by atoms with E-state index in [-0.39, 0.29) is 0 Å². The molecule has 2 aliphatic carbocycles. The van der Waals surface area contributed by atoms with Gasteiger partial charge in [-0.05, 0) is 86.5 Å². The Hall–Kier alpha value is -2.16. The van der Waals surface area contributed by atoms with Crippen LogP contribution < -0.4 is 0 Å². The van der Waals surface area contributed by atoms with Crippen molar-refractivity contribution in [1.82, 2.24) is 0 Å². The normalized spacial score (nSPS) is 12.6. The molecule has 0 spiro atoms. The molecule has 0 aliphatic heterocycles. The second kappa shape index (κ2) is 10.4. The topological polar surface area (TPSA) is 0 Å². The first kappa shape index (κ1) is 24.0. The number of aryl methyl sites for hydroxylation is 2. The SMILES string of the molecule is CC.CC(C)c1cccc2c1Cc1ccccc1-2.CCc1csc2c1Cc1scc(C)c1C2. The third-order valence-corrected chi connectivity index (χ3v) is 9.05. The van der Waals surface area contributed by atoms with Crippen molar-refractivity contribution in [3.8, 4) is 11.1 Å². The molecule has 0 radical (unpaired) electrons. The molecule has 0 fully saturated rings. The van der Waals surface area contributed by atoms with Crippen molar-refractivity contribution in [1.29, 1.82) is 0 Å². The van der Waals surface area contributed by atoms with Gasteiger partial charge in [0.15, 0.2) is 0 Å². The van der Waals surface area contributed by atoms with Crippen LogP contribution in [0.3, 0.4) is 0 Å². The summed E-state index contributed by atoms with van der Waals surface area (Å²) in [5, 5.41) is 4.67. The fraction of sp³-hybridized carbons (Fsp3) is 0.355. The van der Waals surface area contributed by atoms with E-state index in [9.17, 15) is 0 Å². The van der Waals surface area contributed by atoms with Gasteiger partial charge in [-0.1, -0.05) is 77.1 Å². The first-order valence-electron chi connectivity index (χ1n) is 12.4. The molecule has 0 saturated carbocycles. The molecule has 2 aliphatic rings. The van der Waals surface area contributed by atoms with Crippen LogP contribution in [0.4, 0.5) is 0 Å². The Morgan fingerprint density at radius 3 is 2.18 bits per heavy atom. The van der Waals surface area contributed by atoms with Crippen LogP contribution in [-0.4, -0.2) is 0 Å². The molecule has 2 aromatic carbocycles. The largest absolute Gasteiger partial charge is 0.148 e. The highest BCUT2D eigenvalue weighted by Crippen LogP contribution is 2.40. The highest BCUT2D eigenvalue weighted by atomic mass is 32.1. The van der Waals surface area contributed by atoms with E-state index < -0.39 is 0 Å². The second-order valence-electron chi connectivity index (χ2n) is 9.05. The van der Waals surface area contributed by atoms with E-state index in [2.05, 4.69) is 80.9 Å². The molecule has 4 aromatic rings.